The molecule has 2 saturated heterocycles. The molecule has 2 aliphatic heterocycles. The summed E-state index contributed by atoms with van der Waals surface area (Å²) in [5.74, 6) is 0. The first-order chi connectivity index (χ1) is 10.8. The lowest BCUT2D eigenvalue weighted by Crippen LogP contribution is -2.41. The Hall–Kier alpha value is -0.875. The van der Waals surface area contributed by atoms with Gasteiger partial charge in [0, 0.05) is 19.6 Å². The monoisotopic (exact) mass is 317 g/mol. The molecule has 1 aromatic carbocycles. The van der Waals surface area contributed by atoms with E-state index in [0.29, 0.717) is 0 Å². The van der Waals surface area contributed by atoms with Crippen molar-refractivity contribution in [1.82, 2.24) is 4.90 Å². The molecule has 0 aliphatic carbocycles. The largest absolute Gasteiger partial charge is 0.495 e. The second-order valence-corrected chi connectivity index (χ2v) is 7.79. The quantitative estimate of drug-likeness (QED) is 0.865. The summed E-state index contributed by atoms with van der Waals surface area (Å²) in [6.07, 6.45) is 1.58. The van der Waals surface area contributed by atoms with Crippen LogP contribution in [-0.2, 0) is 15.9 Å². The van der Waals surface area contributed by atoms with Crippen LogP contribution in [0.1, 0.15) is 46.1 Å². The second-order valence-electron chi connectivity index (χ2n) is 7.79. The van der Waals surface area contributed by atoms with Gasteiger partial charge in [0.1, 0.15) is 0 Å². The zero-order chi connectivity index (χ0) is 16.7. The number of aliphatic hydroxyl groups excluding tert-OH is 1. The molecule has 3 rings (SSSR count). The fraction of sp³-hybridized carbons (Fsp3) is 0.667. The molecule has 2 aliphatic rings. The summed E-state index contributed by atoms with van der Waals surface area (Å²) in [7, 11) is -0.313. The van der Waals surface area contributed by atoms with Crippen LogP contribution in [0, 0.1) is 0 Å². The number of aliphatic hydroxyl groups is 1. The Morgan fingerprint density at radius 3 is 2.26 bits per heavy atom. The molecular formula is C18H28BNO3. The van der Waals surface area contributed by atoms with E-state index in [0.717, 1.165) is 37.9 Å². The van der Waals surface area contributed by atoms with Gasteiger partial charge < -0.3 is 14.4 Å². The summed E-state index contributed by atoms with van der Waals surface area (Å²) >= 11 is 0. The van der Waals surface area contributed by atoms with Crippen LogP contribution in [0.2, 0.25) is 0 Å². The van der Waals surface area contributed by atoms with Gasteiger partial charge in [-0.25, -0.2) is 0 Å². The van der Waals surface area contributed by atoms with Crippen LogP contribution >= 0.6 is 0 Å². The molecule has 4 nitrogen and oxygen atoms in total. The number of hydrogen-bond donors (Lipinski definition) is 1. The number of hydrogen-bond acceptors (Lipinski definition) is 4. The van der Waals surface area contributed by atoms with E-state index in [4.69, 9.17) is 9.31 Å². The fourth-order valence-electron chi connectivity index (χ4n) is 3.20. The number of nitrogens with zero attached hydrogens (tertiary/aromatic N) is 1. The summed E-state index contributed by atoms with van der Waals surface area (Å²) < 4.78 is 12.4. The number of benzene rings is 1. The lowest BCUT2D eigenvalue weighted by molar-refractivity contribution is 0.00578. The van der Waals surface area contributed by atoms with E-state index in [9.17, 15) is 5.11 Å². The van der Waals surface area contributed by atoms with Gasteiger partial charge in [0.15, 0.2) is 0 Å². The molecule has 0 radical (unpaired) electrons. The maximum absolute atomic E-state index is 9.67. The van der Waals surface area contributed by atoms with E-state index in [1.165, 1.54) is 5.56 Å². The topological polar surface area (TPSA) is 41.9 Å². The van der Waals surface area contributed by atoms with Crippen LogP contribution < -0.4 is 5.46 Å². The van der Waals surface area contributed by atoms with E-state index in [2.05, 4.69) is 50.8 Å². The molecular weight excluding hydrogens is 289 g/mol. The Labute approximate surface area is 139 Å². The fourth-order valence-corrected chi connectivity index (χ4v) is 3.20. The van der Waals surface area contributed by atoms with E-state index < -0.39 is 0 Å². The van der Waals surface area contributed by atoms with E-state index in [1.807, 2.05) is 6.07 Å². The molecule has 0 atom stereocenters. The van der Waals surface area contributed by atoms with Crippen LogP contribution in [0.15, 0.2) is 24.3 Å². The predicted octanol–water partition coefficient (Wildman–Crippen LogP) is 1.94. The highest BCUT2D eigenvalue weighted by Gasteiger charge is 2.52. The van der Waals surface area contributed by atoms with Crippen LogP contribution in [0.4, 0.5) is 0 Å². The lowest BCUT2D eigenvalue weighted by Gasteiger charge is -2.32. The minimum atomic E-state index is -0.319. The number of likely N-dealkylation sites (tertiary alicyclic amines) is 1. The van der Waals surface area contributed by atoms with E-state index >= 15 is 0 Å². The lowest BCUT2D eigenvalue weighted by atomic mass is 9.76. The maximum Gasteiger partial charge on any atom is 0.495 e. The molecule has 0 bridgehead atoms. The van der Waals surface area contributed by atoms with Gasteiger partial charge in [-0.15, -0.1) is 0 Å². The maximum atomic E-state index is 9.67. The first kappa shape index (κ1) is 17.0. The minimum absolute atomic E-state index is 0.135. The van der Waals surface area contributed by atoms with Crippen molar-refractivity contribution in [2.45, 2.75) is 64.4 Å². The van der Waals surface area contributed by atoms with Gasteiger partial charge in [0.2, 0.25) is 0 Å². The Balaban J connectivity index is 1.77. The van der Waals surface area contributed by atoms with Crippen LogP contribution in [0.3, 0.4) is 0 Å². The van der Waals surface area contributed by atoms with Crippen molar-refractivity contribution in [3.05, 3.63) is 29.8 Å². The van der Waals surface area contributed by atoms with Crippen LogP contribution in [0.25, 0.3) is 0 Å². The minimum Gasteiger partial charge on any atom is -0.399 e. The standard InChI is InChI=1S/C18H28BNO3/c1-17(2)18(3,4)23-19(22-17)16-8-6-5-7-14(16)13-20-11-9-15(21)10-12-20/h5-8,15,21H,9-13H2,1-4H3. The second kappa shape index (κ2) is 6.21. The zero-order valence-corrected chi connectivity index (χ0v) is 14.7. The van der Waals surface area contributed by atoms with Crippen LogP contribution in [0.5, 0.6) is 0 Å². The summed E-state index contributed by atoms with van der Waals surface area (Å²) in [6.45, 7) is 11.1. The van der Waals surface area contributed by atoms with Gasteiger partial charge in [0.25, 0.3) is 0 Å². The highest BCUT2D eigenvalue weighted by atomic mass is 16.7. The highest BCUT2D eigenvalue weighted by Crippen LogP contribution is 2.36. The molecule has 5 heteroatoms. The SMILES string of the molecule is CC1(C)OB(c2ccccc2CN2CCC(O)CC2)OC1(C)C. The molecule has 1 aromatic rings. The summed E-state index contributed by atoms with van der Waals surface area (Å²) in [5.41, 5.74) is 1.74. The first-order valence-electron chi connectivity index (χ1n) is 8.62. The van der Waals surface area contributed by atoms with Gasteiger partial charge in [-0.05, 0) is 51.6 Å². The molecule has 0 saturated carbocycles. The molecule has 2 fully saturated rings. The molecule has 0 spiro atoms. The van der Waals surface area contributed by atoms with E-state index in [1.54, 1.807) is 0 Å². The highest BCUT2D eigenvalue weighted by molar-refractivity contribution is 6.62. The average molecular weight is 317 g/mol. The molecule has 126 valence electrons. The van der Waals surface area contributed by atoms with Gasteiger partial charge in [0.05, 0.1) is 17.3 Å². The Kier molecular flexibility index (Phi) is 4.58. The number of rotatable bonds is 3. The van der Waals surface area contributed by atoms with Gasteiger partial charge in [-0.2, -0.15) is 0 Å². The van der Waals surface area contributed by atoms with Crippen LogP contribution in [-0.4, -0.2) is 47.5 Å². The Morgan fingerprint density at radius 1 is 1.09 bits per heavy atom. The first-order valence-corrected chi connectivity index (χ1v) is 8.62. The molecule has 0 unspecified atom stereocenters. The van der Waals surface area contributed by atoms with Gasteiger partial charge >= 0.3 is 7.12 Å². The molecule has 0 aromatic heterocycles. The van der Waals surface area contributed by atoms with Gasteiger partial charge in [-0.3, -0.25) is 4.90 Å². The third kappa shape index (κ3) is 3.48. The van der Waals surface area contributed by atoms with Crippen molar-refractivity contribution in [2.24, 2.45) is 0 Å². The average Bonchev–Trinajstić information content (AvgIpc) is 2.70. The van der Waals surface area contributed by atoms with E-state index in [-0.39, 0.29) is 24.4 Å². The van der Waals surface area contributed by atoms with Crippen molar-refractivity contribution in [2.75, 3.05) is 13.1 Å². The number of piperidine rings is 1. The molecule has 2 heterocycles. The van der Waals surface area contributed by atoms with Crippen molar-refractivity contribution in [3.8, 4) is 0 Å². The van der Waals surface area contributed by atoms with Crippen molar-refractivity contribution < 1.29 is 14.4 Å². The zero-order valence-electron chi connectivity index (χ0n) is 14.7. The summed E-state index contributed by atoms with van der Waals surface area (Å²) in [5, 5.41) is 9.67. The van der Waals surface area contributed by atoms with Crippen molar-refractivity contribution in [3.63, 3.8) is 0 Å². The Bertz CT molecular complexity index is 537. The Morgan fingerprint density at radius 2 is 1.65 bits per heavy atom. The third-order valence-electron chi connectivity index (χ3n) is 5.51. The van der Waals surface area contributed by atoms with Crippen molar-refractivity contribution in [1.29, 1.82) is 0 Å². The predicted molar refractivity (Wildman–Crippen MR) is 92.7 cm³/mol. The smallest absolute Gasteiger partial charge is 0.399 e. The summed E-state index contributed by atoms with van der Waals surface area (Å²) in [6, 6.07) is 8.38. The van der Waals surface area contributed by atoms with Gasteiger partial charge in [-0.1, -0.05) is 24.3 Å². The normalized spacial score (nSPS) is 25.0. The molecule has 0 amide bonds. The third-order valence-corrected chi connectivity index (χ3v) is 5.51. The summed E-state index contributed by atoms with van der Waals surface area (Å²) in [4.78, 5) is 2.40. The molecule has 23 heavy (non-hydrogen) atoms. The van der Waals surface area contributed by atoms with Crippen molar-refractivity contribution >= 4 is 12.6 Å². The molecule has 1 N–H and O–H groups in total.